The van der Waals surface area contributed by atoms with Crippen LogP contribution in [0, 0.1) is 6.33 Å². The molecule has 0 aliphatic heterocycles. The van der Waals surface area contributed by atoms with Crippen LogP contribution in [-0.4, -0.2) is 15.6 Å². The fourth-order valence-corrected chi connectivity index (χ4v) is 0.352. The van der Waals surface area contributed by atoms with E-state index in [9.17, 15) is 4.79 Å². The molecule has 4 heteroatoms. The third-order valence-electron chi connectivity index (χ3n) is 0.693. The summed E-state index contributed by atoms with van der Waals surface area (Å²) in [6.07, 6.45) is 5.20. The summed E-state index contributed by atoms with van der Waals surface area (Å²) in [4.78, 5) is 13.7. The third kappa shape index (κ3) is 0.676. The molecule has 0 fully saturated rings. The Bertz CT molecular complexity index is 179. The monoisotopic (exact) mass is 110 g/mol. The van der Waals surface area contributed by atoms with E-state index >= 15 is 0 Å². The molecule has 1 aromatic rings. The molecule has 0 unspecified atom stereocenters. The third-order valence-corrected chi connectivity index (χ3v) is 0.693. The first-order valence-electron chi connectivity index (χ1n) is 2.01. The molecular weight excluding hydrogens is 106 g/mol. The second-order valence-electron chi connectivity index (χ2n) is 1.24. The predicted molar refractivity (Wildman–Crippen MR) is 26.0 cm³/mol. The fourth-order valence-electron chi connectivity index (χ4n) is 0.352. The molecule has 1 heterocycles. The van der Waals surface area contributed by atoms with Crippen LogP contribution in [0.5, 0.6) is 0 Å². The van der Waals surface area contributed by atoms with E-state index in [1.807, 2.05) is 0 Å². The minimum Gasteiger partial charge on any atom is -0.351 e. The largest absolute Gasteiger partial charge is 0.351 e. The van der Waals surface area contributed by atoms with Gasteiger partial charge in [-0.3, -0.25) is 0 Å². The van der Waals surface area contributed by atoms with Gasteiger partial charge in [0.1, 0.15) is 0 Å². The molecule has 1 radical (unpaired) electrons. The molecule has 1 rings (SSSR count). The summed E-state index contributed by atoms with van der Waals surface area (Å²) < 4.78 is 1.07. The highest BCUT2D eigenvalue weighted by atomic mass is 16.2. The number of carbonyl (C=O) groups is 1. The standard InChI is InChI=1S/C4H4N3O/c5-4(8)7-2-1-6-3-7/h1-2H,(H2,5,8). The summed E-state index contributed by atoms with van der Waals surface area (Å²) in [6.45, 7) is 0. The van der Waals surface area contributed by atoms with E-state index in [0.717, 1.165) is 4.57 Å². The number of amides is 1. The van der Waals surface area contributed by atoms with Crippen molar-refractivity contribution in [2.75, 3.05) is 0 Å². The van der Waals surface area contributed by atoms with Gasteiger partial charge in [-0.1, -0.05) is 0 Å². The zero-order valence-electron chi connectivity index (χ0n) is 4.03. The van der Waals surface area contributed by atoms with Crippen molar-refractivity contribution < 1.29 is 4.79 Å². The number of nitrogens with zero attached hydrogens (tertiary/aromatic N) is 2. The highest BCUT2D eigenvalue weighted by molar-refractivity contribution is 5.73. The zero-order valence-corrected chi connectivity index (χ0v) is 4.03. The van der Waals surface area contributed by atoms with E-state index in [-0.39, 0.29) is 0 Å². The molecule has 1 aromatic heterocycles. The summed E-state index contributed by atoms with van der Waals surface area (Å²) in [5.41, 5.74) is 4.81. The number of imidazole rings is 1. The molecule has 8 heavy (non-hydrogen) atoms. The maximum atomic E-state index is 10.2. The van der Waals surface area contributed by atoms with Gasteiger partial charge >= 0.3 is 6.03 Å². The van der Waals surface area contributed by atoms with E-state index in [4.69, 9.17) is 5.73 Å². The van der Waals surface area contributed by atoms with Crippen molar-refractivity contribution in [1.82, 2.24) is 9.55 Å². The van der Waals surface area contributed by atoms with Crippen molar-refractivity contribution in [3.8, 4) is 0 Å². The lowest BCUT2D eigenvalue weighted by atomic mass is 10.9. The molecule has 0 aliphatic carbocycles. The van der Waals surface area contributed by atoms with Gasteiger partial charge in [-0.15, -0.1) is 0 Å². The van der Waals surface area contributed by atoms with Crippen LogP contribution in [0.2, 0.25) is 0 Å². The van der Waals surface area contributed by atoms with Crippen molar-refractivity contribution >= 4 is 6.03 Å². The van der Waals surface area contributed by atoms with Gasteiger partial charge in [-0.05, 0) is 0 Å². The molecule has 0 atom stereocenters. The summed E-state index contributed by atoms with van der Waals surface area (Å²) >= 11 is 0. The molecule has 0 saturated heterocycles. The van der Waals surface area contributed by atoms with Crippen LogP contribution in [0.3, 0.4) is 0 Å². The highest BCUT2D eigenvalue weighted by Crippen LogP contribution is 1.78. The Morgan fingerprint density at radius 3 is 2.88 bits per heavy atom. The maximum absolute atomic E-state index is 10.2. The second kappa shape index (κ2) is 1.65. The Morgan fingerprint density at radius 1 is 1.88 bits per heavy atom. The lowest BCUT2D eigenvalue weighted by molar-refractivity contribution is 0.250. The molecule has 0 spiro atoms. The van der Waals surface area contributed by atoms with E-state index < -0.39 is 6.03 Å². The minimum atomic E-state index is -0.567. The Kier molecular flexibility index (Phi) is 0.997. The number of hydrogen-bond donors (Lipinski definition) is 1. The average Bonchev–Trinajstić information content (AvgIpc) is 2.12. The number of aromatic nitrogens is 2. The van der Waals surface area contributed by atoms with Crippen LogP contribution < -0.4 is 5.73 Å². The van der Waals surface area contributed by atoms with E-state index in [1.165, 1.54) is 12.4 Å². The van der Waals surface area contributed by atoms with E-state index in [0.29, 0.717) is 0 Å². The normalized spacial score (nSPS) is 9.00. The van der Waals surface area contributed by atoms with E-state index in [1.54, 1.807) is 0 Å². The summed E-state index contributed by atoms with van der Waals surface area (Å²) in [5, 5.41) is 0. The topological polar surface area (TPSA) is 60.9 Å². The molecule has 0 aliphatic rings. The van der Waals surface area contributed by atoms with Crippen LogP contribution >= 0.6 is 0 Å². The number of rotatable bonds is 0. The summed E-state index contributed by atoms with van der Waals surface area (Å²) in [5.74, 6) is 0. The van der Waals surface area contributed by atoms with Gasteiger partial charge in [0, 0.05) is 12.4 Å². The van der Waals surface area contributed by atoms with Gasteiger partial charge in [-0.2, -0.15) is 0 Å². The Morgan fingerprint density at radius 2 is 2.62 bits per heavy atom. The Labute approximate surface area is 45.9 Å². The zero-order chi connectivity index (χ0) is 5.98. The maximum Gasteiger partial charge on any atom is 0.324 e. The van der Waals surface area contributed by atoms with Crippen molar-refractivity contribution in [2.24, 2.45) is 5.73 Å². The lowest BCUT2D eigenvalue weighted by Gasteiger charge is -1.86. The number of carbonyl (C=O) groups excluding carboxylic acids is 1. The van der Waals surface area contributed by atoms with Gasteiger partial charge < -0.3 is 5.73 Å². The van der Waals surface area contributed by atoms with Crippen LogP contribution in [-0.2, 0) is 0 Å². The van der Waals surface area contributed by atoms with Crippen molar-refractivity contribution in [2.45, 2.75) is 0 Å². The van der Waals surface area contributed by atoms with Crippen molar-refractivity contribution in [3.05, 3.63) is 18.7 Å². The molecule has 2 N–H and O–H groups in total. The minimum absolute atomic E-state index is 0.567. The number of primary amides is 1. The predicted octanol–water partition coefficient (Wildman–Crippen LogP) is -0.390. The average molecular weight is 110 g/mol. The van der Waals surface area contributed by atoms with Crippen molar-refractivity contribution in [3.63, 3.8) is 0 Å². The second-order valence-corrected chi connectivity index (χ2v) is 1.24. The highest BCUT2D eigenvalue weighted by Gasteiger charge is 1.92. The quantitative estimate of drug-likeness (QED) is 0.494. The molecule has 41 valence electrons. The van der Waals surface area contributed by atoms with Crippen LogP contribution in [0.25, 0.3) is 0 Å². The van der Waals surface area contributed by atoms with Crippen LogP contribution in [0.1, 0.15) is 0 Å². The SMILES string of the molecule is NC(=O)n1[c]ncc1. The Balaban J connectivity index is 2.93. The van der Waals surface area contributed by atoms with Gasteiger partial charge in [-0.25, -0.2) is 14.3 Å². The number of nitrogens with two attached hydrogens (primary N) is 1. The first kappa shape index (κ1) is 4.83. The van der Waals surface area contributed by atoms with Gasteiger partial charge in [0.25, 0.3) is 0 Å². The molecular formula is C4H4N3O. The van der Waals surface area contributed by atoms with Crippen LogP contribution in [0.15, 0.2) is 12.4 Å². The van der Waals surface area contributed by atoms with Crippen LogP contribution in [0.4, 0.5) is 4.79 Å². The summed E-state index contributed by atoms with van der Waals surface area (Å²) in [6, 6.07) is -0.567. The molecule has 0 bridgehead atoms. The first-order chi connectivity index (χ1) is 3.80. The molecule has 1 amide bonds. The number of hydrogen-bond acceptors (Lipinski definition) is 2. The lowest BCUT2D eigenvalue weighted by Crippen LogP contribution is -2.17. The Hall–Kier alpha value is -1.32. The molecule has 0 aromatic carbocycles. The fraction of sp³-hybridized carbons (Fsp3) is 0. The van der Waals surface area contributed by atoms with Gasteiger partial charge in [0.05, 0.1) is 0 Å². The molecule has 0 saturated carbocycles. The van der Waals surface area contributed by atoms with E-state index in [2.05, 4.69) is 11.3 Å². The van der Waals surface area contributed by atoms with Gasteiger partial charge in [0.2, 0.25) is 0 Å². The van der Waals surface area contributed by atoms with Crippen molar-refractivity contribution in [1.29, 1.82) is 0 Å². The van der Waals surface area contributed by atoms with Gasteiger partial charge in [0.15, 0.2) is 6.33 Å². The summed E-state index contributed by atoms with van der Waals surface area (Å²) in [7, 11) is 0. The smallest absolute Gasteiger partial charge is 0.324 e. The first-order valence-corrected chi connectivity index (χ1v) is 2.01. The molecule has 4 nitrogen and oxygen atoms in total.